The van der Waals surface area contributed by atoms with Gasteiger partial charge in [-0.2, -0.15) is 0 Å². The van der Waals surface area contributed by atoms with Crippen LogP contribution in [0.1, 0.15) is 23.2 Å². The van der Waals surface area contributed by atoms with Gasteiger partial charge in [0.25, 0.3) is 5.69 Å². The largest absolute Gasteiger partial charge is 0.366 e. The number of hydrogen-bond donors (Lipinski definition) is 3. The van der Waals surface area contributed by atoms with E-state index in [1.807, 2.05) is 0 Å². The molecule has 1 aromatic carbocycles. The van der Waals surface area contributed by atoms with Crippen LogP contribution in [0.4, 0.5) is 5.69 Å². The number of nitro benzene ring substituents is 1. The summed E-state index contributed by atoms with van der Waals surface area (Å²) >= 11 is 1.07. The van der Waals surface area contributed by atoms with Gasteiger partial charge in [0.05, 0.1) is 15.6 Å². The van der Waals surface area contributed by atoms with Crippen LogP contribution in [0.5, 0.6) is 0 Å². The molecule has 8 nitrogen and oxygen atoms in total. The first-order valence-electron chi connectivity index (χ1n) is 7.66. The maximum Gasteiger partial charge on any atom is 0.283 e. The molecule has 0 aromatic heterocycles. The SMILES string of the molecule is NC(=O)c1ccc(SCC(=O)NCC2CCCNC2)c([N+](=O)[O-])c1. The lowest BCUT2D eigenvalue weighted by molar-refractivity contribution is -0.387. The Hall–Kier alpha value is -2.13. The van der Waals surface area contributed by atoms with Gasteiger partial charge in [0.2, 0.25) is 11.8 Å². The Morgan fingerprint density at radius 1 is 1.46 bits per heavy atom. The molecule has 24 heavy (non-hydrogen) atoms. The van der Waals surface area contributed by atoms with Crippen LogP contribution in [0.15, 0.2) is 23.1 Å². The number of hydrogen-bond acceptors (Lipinski definition) is 6. The van der Waals surface area contributed by atoms with Crippen LogP contribution in [-0.4, -0.2) is 42.1 Å². The topological polar surface area (TPSA) is 127 Å². The zero-order valence-electron chi connectivity index (χ0n) is 13.1. The van der Waals surface area contributed by atoms with Crippen molar-refractivity contribution in [1.29, 1.82) is 0 Å². The second-order valence-electron chi connectivity index (χ2n) is 5.61. The molecule has 0 saturated carbocycles. The highest BCUT2D eigenvalue weighted by atomic mass is 32.2. The molecule has 1 heterocycles. The van der Waals surface area contributed by atoms with Gasteiger partial charge in [0.1, 0.15) is 0 Å². The Balaban J connectivity index is 1.89. The second kappa shape index (κ2) is 8.65. The number of rotatable bonds is 7. The number of primary amides is 1. The molecule has 1 saturated heterocycles. The van der Waals surface area contributed by atoms with E-state index >= 15 is 0 Å². The average molecular weight is 352 g/mol. The van der Waals surface area contributed by atoms with E-state index in [1.54, 1.807) is 0 Å². The van der Waals surface area contributed by atoms with E-state index in [0.717, 1.165) is 43.8 Å². The zero-order valence-corrected chi connectivity index (χ0v) is 13.9. The summed E-state index contributed by atoms with van der Waals surface area (Å²) in [5.74, 6) is -0.388. The van der Waals surface area contributed by atoms with Crippen molar-refractivity contribution in [3.63, 3.8) is 0 Å². The number of thioether (sulfide) groups is 1. The first kappa shape index (κ1) is 18.2. The molecule has 1 aliphatic rings. The molecule has 1 aliphatic heterocycles. The van der Waals surface area contributed by atoms with Crippen molar-refractivity contribution in [1.82, 2.24) is 10.6 Å². The quantitative estimate of drug-likeness (QED) is 0.380. The summed E-state index contributed by atoms with van der Waals surface area (Å²) < 4.78 is 0. The zero-order chi connectivity index (χ0) is 17.5. The molecule has 1 unspecified atom stereocenters. The number of carbonyl (C=O) groups is 2. The summed E-state index contributed by atoms with van der Waals surface area (Å²) in [5, 5.41) is 17.2. The molecule has 0 bridgehead atoms. The van der Waals surface area contributed by atoms with Crippen molar-refractivity contribution in [3.05, 3.63) is 33.9 Å². The molecule has 130 valence electrons. The summed E-state index contributed by atoms with van der Waals surface area (Å²) in [6.45, 7) is 2.52. The highest BCUT2D eigenvalue weighted by Crippen LogP contribution is 2.29. The van der Waals surface area contributed by atoms with E-state index in [0.29, 0.717) is 17.4 Å². The van der Waals surface area contributed by atoms with Gasteiger partial charge in [-0.05, 0) is 44.0 Å². The predicted molar refractivity (Wildman–Crippen MR) is 90.9 cm³/mol. The van der Waals surface area contributed by atoms with Gasteiger partial charge in [-0.25, -0.2) is 0 Å². The highest BCUT2D eigenvalue weighted by Gasteiger charge is 2.18. The normalized spacial score (nSPS) is 17.2. The molecule has 1 atom stereocenters. The van der Waals surface area contributed by atoms with Gasteiger partial charge in [-0.15, -0.1) is 11.8 Å². The van der Waals surface area contributed by atoms with Crippen LogP contribution in [0.25, 0.3) is 0 Å². The molecule has 1 fully saturated rings. The minimum atomic E-state index is -0.728. The summed E-state index contributed by atoms with van der Waals surface area (Å²) in [7, 11) is 0. The molecule has 9 heteroatoms. The monoisotopic (exact) mass is 352 g/mol. The molecule has 2 amide bonds. The minimum Gasteiger partial charge on any atom is -0.366 e. The fourth-order valence-corrected chi connectivity index (χ4v) is 3.32. The number of nitrogens with two attached hydrogens (primary N) is 1. The van der Waals surface area contributed by atoms with Gasteiger partial charge in [0.15, 0.2) is 0 Å². The molecular formula is C15H20N4O4S. The summed E-state index contributed by atoms with van der Waals surface area (Å²) in [5.41, 5.74) is 4.98. The number of amides is 2. The number of nitrogens with one attached hydrogen (secondary N) is 2. The van der Waals surface area contributed by atoms with Crippen molar-refractivity contribution in [2.24, 2.45) is 11.7 Å². The van der Waals surface area contributed by atoms with Crippen LogP contribution < -0.4 is 16.4 Å². The Labute approximate surface area is 143 Å². The lowest BCUT2D eigenvalue weighted by Crippen LogP contribution is -2.38. The van der Waals surface area contributed by atoms with Crippen LogP contribution in [0.3, 0.4) is 0 Å². The van der Waals surface area contributed by atoms with Crippen molar-refractivity contribution < 1.29 is 14.5 Å². The smallest absolute Gasteiger partial charge is 0.283 e. The Kier molecular flexibility index (Phi) is 6.56. The van der Waals surface area contributed by atoms with E-state index in [1.165, 1.54) is 12.1 Å². The molecule has 1 aromatic rings. The first-order valence-corrected chi connectivity index (χ1v) is 8.64. The average Bonchev–Trinajstić information content (AvgIpc) is 2.58. The Morgan fingerprint density at radius 3 is 2.88 bits per heavy atom. The summed E-state index contributed by atoms with van der Waals surface area (Å²) in [6.07, 6.45) is 2.19. The Bertz CT molecular complexity index is 632. The maximum absolute atomic E-state index is 11.9. The van der Waals surface area contributed by atoms with E-state index in [-0.39, 0.29) is 22.9 Å². The third kappa shape index (κ3) is 5.20. The summed E-state index contributed by atoms with van der Waals surface area (Å²) in [4.78, 5) is 33.9. The van der Waals surface area contributed by atoms with Gasteiger partial charge < -0.3 is 16.4 Å². The minimum absolute atomic E-state index is 0.0697. The van der Waals surface area contributed by atoms with Gasteiger partial charge in [0, 0.05) is 18.2 Å². The molecule has 0 aliphatic carbocycles. The number of nitrogens with zero attached hydrogens (tertiary/aromatic N) is 1. The van der Waals surface area contributed by atoms with Gasteiger partial charge >= 0.3 is 0 Å². The highest BCUT2D eigenvalue weighted by molar-refractivity contribution is 8.00. The van der Waals surface area contributed by atoms with Crippen LogP contribution in [-0.2, 0) is 4.79 Å². The van der Waals surface area contributed by atoms with E-state index in [2.05, 4.69) is 10.6 Å². The Morgan fingerprint density at radius 2 is 2.25 bits per heavy atom. The first-order chi connectivity index (χ1) is 11.5. The molecule has 0 radical (unpaired) electrons. The van der Waals surface area contributed by atoms with Crippen LogP contribution in [0, 0.1) is 16.0 Å². The molecule has 2 rings (SSSR count). The molecular weight excluding hydrogens is 332 g/mol. The fraction of sp³-hybridized carbons (Fsp3) is 0.467. The lowest BCUT2D eigenvalue weighted by atomic mass is 10.00. The van der Waals surface area contributed by atoms with Crippen molar-refractivity contribution in [2.45, 2.75) is 17.7 Å². The van der Waals surface area contributed by atoms with Gasteiger partial charge in [-0.3, -0.25) is 19.7 Å². The van der Waals surface area contributed by atoms with Crippen molar-refractivity contribution >= 4 is 29.3 Å². The van der Waals surface area contributed by atoms with E-state index in [4.69, 9.17) is 5.73 Å². The van der Waals surface area contributed by atoms with E-state index in [9.17, 15) is 19.7 Å². The number of carbonyl (C=O) groups excluding carboxylic acids is 2. The van der Waals surface area contributed by atoms with Crippen molar-refractivity contribution in [3.8, 4) is 0 Å². The second-order valence-corrected chi connectivity index (χ2v) is 6.63. The number of nitro groups is 1. The lowest BCUT2D eigenvalue weighted by Gasteiger charge is -2.22. The fourth-order valence-electron chi connectivity index (χ4n) is 2.49. The number of piperidine rings is 1. The molecule has 0 spiro atoms. The maximum atomic E-state index is 11.9. The molecule has 4 N–H and O–H groups in total. The van der Waals surface area contributed by atoms with Gasteiger partial charge in [-0.1, -0.05) is 0 Å². The predicted octanol–water partition coefficient (Wildman–Crippen LogP) is 0.902. The van der Waals surface area contributed by atoms with Crippen LogP contribution >= 0.6 is 11.8 Å². The summed E-state index contributed by atoms with van der Waals surface area (Å²) in [6, 6.07) is 4.00. The van der Waals surface area contributed by atoms with E-state index < -0.39 is 10.8 Å². The number of benzene rings is 1. The third-order valence-corrected chi connectivity index (χ3v) is 4.85. The standard InChI is InChI=1S/C15H20N4O4S/c16-15(21)11-3-4-13(12(6-11)19(22)23)24-9-14(20)18-8-10-2-1-5-17-7-10/h3-4,6,10,17H,1-2,5,7-9H2,(H2,16,21)(H,18,20). The van der Waals surface area contributed by atoms with Crippen LogP contribution in [0.2, 0.25) is 0 Å². The third-order valence-electron chi connectivity index (χ3n) is 3.79. The van der Waals surface area contributed by atoms with Crippen molar-refractivity contribution in [2.75, 3.05) is 25.4 Å².